The number of fused-ring (bicyclic) bond motifs is 1. The van der Waals surface area contributed by atoms with E-state index in [1.54, 1.807) is 0 Å². The van der Waals surface area contributed by atoms with E-state index in [2.05, 4.69) is 136 Å². The lowest BCUT2D eigenvalue weighted by atomic mass is 10.1. The minimum atomic E-state index is -2.04. The van der Waals surface area contributed by atoms with Gasteiger partial charge in [0.1, 0.15) is 12.4 Å². The van der Waals surface area contributed by atoms with Gasteiger partial charge in [-0.3, -0.25) is 0 Å². The molecule has 4 aromatic carbocycles. The van der Waals surface area contributed by atoms with Gasteiger partial charge in [-0.25, -0.2) is 0 Å². The summed E-state index contributed by atoms with van der Waals surface area (Å²) in [6.45, 7) is 11.5. The molecule has 3 heteroatoms. The summed E-state index contributed by atoms with van der Waals surface area (Å²) in [5.41, 5.74) is 4.43. The van der Waals surface area contributed by atoms with Crippen molar-refractivity contribution in [1.82, 2.24) is 0 Å². The molecule has 1 nitrogen and oxygen atoms in total. The Balaban J connectivity index is 1.68. The average Bonchev–Trinajstić information content (AvgIpc) is 3.29. The van der Waals surface area contributed by atoms with Crippen LogP contribution in [0.25, 0.3) is 5.31 Å². The Morgan fingerprint density at radius 1 is 0.806 bits per heavy atom. The summed E-state index contributed by atoms with van der Waals surface area (Å²) in [4.78, 5) is 0. The highest BCUT2D eigenvalue weighted by atomic mass is 31.1. The zero-order valence-corrected chi connectivity index (χ0v) is 23.2. The molecule has 0 aliphatic heterocycles. The number of allylic oxidation sites excluding steroid dienone is 1. The fourth-order valence-corrected chi connectivity index (χ4v) is 11.4. The quantitative estimate of drug-likeness (QED) is 0.139. The zero-order valence-electron chi connectivity index (χ0n) is 21.3. The van der Waals surface area contributed by atoms with Gasteiger partial charge in [0.25, 0.3) is 0 Å². The van der Waals surface area contributed by atoms with Gasteiger partial charge >= 0.3 is 0 Å². The lowest BCUT2D eigenvalue weighted by Crippen LogP contribution is -2.47. The Kier molecular flexibility index (Phi) is 7.10. The maximum Gasteiger partial charge on any atom is 0.121 e. The highest BCUT2D eigenvalue weighted by Gasteiger charge is 2.41. The molecule has 0 spiro atoms. The Labute approximate surface area is 217 Å². The third-order valence-corrected chi connectivity index (χ3v) is 13.5. The van der Waals surface area contributed by atoms with Crippen LogP contribution in [0, 0.1) is 6.92 Å². The van der Waals surface area contributed by atoms with E-state index in [4.69, 9.17) is 4.74 Å². The summed E-state index contributed by atoms with van der Waals surface area (Å²) >= 11 is 0. The van der Waals surface area contributed by atoms with E-state index in [0.717, 1.165) is 5.75 Å². The molecule has 36 heavy (non-hydrogen) atoms. The van der Waals surface area contributed by atoms with Crippen LogP contribution in [0.1, 0.15) is 22.2 Å². The normalized spacial score (nSPS) is 14.9. The van der Waals surface area contributed by atoms with Crippen molar-refractivity contribution in [2.24, 2.45) is 0 Å². The van der Waals surface area contributed by atoms with Gasteiger partial charge in [-0.2, -0.15) is 0 Å². The third-order valence-electron chi connectivity index (χ3n) is 7.20. The van der Waals surface area contributed by atoms with Crippen LogP contribution in [-0.2, 0) is 0 Å². The predicted molar refractivity (Wildman–Crippen MR) is 160 cm³/mol. The molecule has 1 aliphatic rings. The van der Waals surface area contributed by atoms with Gasteiger partial charge in [-0.15, -0.1) is 0 Å². The SMILES string of the molecule is C=CCOc1c(C)cccc1[Si](C)(C)C1C=C(P(c2ccccc2)c2ccccc2)c2ccccc21. The first-order chi connectivity index (χ1) is 17.5. The van der Waals surface area contributed by atoms with Crippen molar-refractivity contribution in [3.05, 3.63) is 139 Å². The van der Waals surface area contributed by atoms with E-state index in [0.29, 0.717) is 12.1 Å². The van der Waals surface area contributed by atoms with E-state index in [9.17, 15) is 0 Å². The highest BCUT2D eigenvalue weighted by Crippen LogP contribution is 2.56. The van der Waals surface area contributed by atoms with E-state index in [-0.39, 0.29) is 0 Å². The molecule has 5 rings (SSSR count). The summed E-state index contributed by atoms with van der Waals surface area (Å²) in [5, 5.41) is 5.64. The molecule has 0 bridgehead atoms. The Morgan fingerprint density at radius 2 is 1.42 bits per heavy atom. The Bertz CT molecular complexity index is 1350. The highest BCUT2D eigenvalue weighted by molar-refractivity contribution is 7.82. The van der Waals surface area contributed by atoms with E-state index < -0.39 is 16.0 Å². The summed E-state index contributed by atoms with van der Waals surface area (Å²) in [5.74, 6) is 1.04. The minimum absolute atomic E-state index is 0.369. The van der Waals surface area contributed by atoms with E-state index >= 15 is 0 Å². The first-order valence-electron chi connectivity index (χ1n) is 12.6. The monoisotopic (exact) mass is 504 g/mol. The van der Waals surface area contributed by atoms with Crippen molar-refractivity contribution in [2.75, 3.05) is 6.61 Å². The molecule has 0 N–H and O–H groups in total. The Hall–Kier alpha value is -3.19. The summed E-state index contributed by atoms with van der Waals surface area (Å²) in [6.07, 6.45) is 4.45. The van der Waals surface area contributed by atoms with Crippen LogP contribution >= 0.6 is 7.92 Å². The zero-order chi connectivity index (χ0) is 25.1. The standard InChI is InChI=1S/C33H33OPSi/c1-5-23-34-33-25(2)15-14-22-31(33)36(3,4)32-24-30(28-20-12-13-21-29(28)32)35(26-16-8-6-9-17-26)27-18-10-7-11-19-27/h5-22,24,32H,1,23H2,2-4H3. The number of rotatable bonds is 8. The van der Waals surface area contributed by atoms with Crippen molar-refractivity contribution < 1.29 is 4.74 Å². The van der Waals surface area contributed by atoms with Gasteiger partial charge in [-0.05, 0) is 52.6 Å². The van der Waals surface area contributed by atoms with Crippen LogP contribution in [0.15, 0.2) is 122 Å². The largest absolute Gasteiger partial charge is 0.489 e. The maximum atomic E-state index is 6.26. The average molecular weight is 505 g/mol. The van der Waals surface area contributed by atoms with Gasteiger partial charge in [0, 0.05) is 5.54 Å². The van der Waals surface area contributed by atoms with Gasteiger partial charge in [0.2, 0.25) is 0 Å². The summed E-state index contributed by atoms with van der Waals surface area (Å²) in [6, 6.07) is 37.8. The molecule has 180 valence electrons. The molecule has 0 radical (unpaired) electrons. The number of aryl methyl sites for hydroxylation is 1. The molecular weight excluding hydrogens is 471 g/mol. The third kappa shape index (κ3) is 4.52. The van der Waals surface area contributed by atoms with Crippen LogP contribution in [0.4, 0.5) is 0 Å². The number of para-hydroxylation sites is 1. The van der Waals surface area contributed by atoms with Crippen LogP contribution in [0.5, 0.6) is 5.75 Å². The van der Waals surface area contributed by atoms with Crippen molar-refractivity contribution in [3.63, 3.8) is 0 Å². The Morgan fingerprint density at radius 3 is 2.06 bits per heavy atom. The lowest BCUT2D eigenvalue weighted by Gasteiger charge is -2.32. The summed E-state index contributed by atoms with van der Waals surface area (Å²) in [7, 11) is -2.70. The number of benzene rings is 4. The van der Waals surface area contributed by atoms with Crippen LogP contribution < -0.4 is 20.5 Å². The molecule has 0 saturated carbocycles. The van der Waals surface area contributed by atoms with Gasteiger partial charge in [-0.1, -0.05) is 135 Å². The summed E-state index contributed by atoms with van der Waals surface area (Å²) < 4.78 is 6.26. The second kappa shape index (κ2) is 10.4. The van der Waals surface area contributed by atoms with Crippen molar-refractivity contribution in [1.29, 1.82) is 0 Å². The molecule has 1 unspecified atom stereocenters. The van der Waals surface area contributed by atoms with Crippen molar-refractivity contribution >= 4 is 37.1 Å². The molecule has 0 saturated heterocycles. The number of ether oxygens (including phenoxy) is 1. The molecule has 0 fully saturated rings. The fraction of sp³-hybridized carbons (Fsp3) is 0.152. The van der Waals surface area contributed by atoms with Crippen LogP contribution in [0.3, 0.4) is 0 Å². The topological polar surface area (TPSA) is 9.23 Å². The second-order valence-corrected chi connectivity index (χ2v) is 16.7. The van der Waals surface area contributed by atoms with Crippen LogP contribution in [0.2, 0.25) is 13.1 Å². The van der Waals surface area contributed by atoms with Gasteiger partial charge in [0.05, 0.1) is 8.07 Å². The maximum absolute atomic E-state index is 6.26. The van der Waals surface area contributed by atoms with Crippen molar-refractivity contribution in [3.8, 4) is 5.75 Å². The minimum Gasteiger partial charge on any atom is -0.489 e. The van der Waals surface area contributed by atoms with Crippen molar-refractivity contribution in [2.45, 2.75) is 25.6 Å². The second-order valence-electron chi connectivity index (χ2n) is 9.90. The molecule has 1 aliphatic carbocycles. The molecule has 0 heterocycles. The first kappa shape index (κ1) is 24.5. The van der Waals surface area contributed by atoms with Gasteiger partial charge in [0.15, 0.2) is 0 Å². The van der Waals surface area contributed by atoms with Crippen LogP contribution in [-0.4, -0.2) is 14.7 Å². The molecule has 0 aromatic heterocycles. The predicted octanol–water partition coefficient (Wildman–Crippen LogP) is 7.29. The molecule has 1 atom stereocenters. The van der Waals surface area contributed by atoms with Gasteiger partial charge < -0.3 is 4.74 Å². The molecule has 0 amide bonds. The van der Waals surface area contributed by atoms with E-state index in [1.165, 1.54) is 37.8 Å². The smallest absolute Gasteiger partial charge is 0.121 e. The van der Waals surface area contributed by atoms with E-state index in [1.807, 2.05) is 6.08 Å². The fourth-order valence-electron chi connectivity index (χ4n) is 5.37. The molecule has 4 aromatic rings. The first-order valence-corrected chi connectivity index (χ1v) is 17.0. The number of hydrogen-bond donors (Lipinski definition) is 0. The molecular formula is C33H33OPSi. The lowest BCUT2D eigenvalue weighted by molar-refractivity contribution is 0.363. The number of hydrogen-bond acceptors (Lipinski definition) is 1.